The summed E-state index contributed by atoms with van der Waals surface area (Å²) in [6.07, 6.45) is 1.21. The Morgan fingerprint density at radius 3 is 2.48 bits per heavy atom. The highest BCUT2D eigenvalue weighted by Gasteiger charge is 2.18. The van der Waals surface area contributed by atoms with E-state index in [0.29, 0.717) is 16.9 Å². The summed E-state index contributed by atoms with van der Waals surface area (Å²) in [7, 11) is 0. The van der Waals surface area contributed by atoms with Crippen LogP contribution in [0, 0.1) is 28.4 Å². The number of benzene rings is 2. The monoisotopic (exact) mass is 417 g/mol. The molecule has 0 spiro atoms. The number of hydrogen-bond acceptors (Lipinski definition) is 6. The number of aryl methyl sites for hydroxylation is 1. The summed E-state index contributed by atoms with van der Waals surface area (Å²) in [6.45, 7) is 1.68. The van der Waals surface area contributed by atoms with Crippen molar-refractivity contribution in [3.8, 4) is 17.4 Å². The molecule has 3 aromatic rings. The van der Waals surface area contributed by atoms with Crippen LogP contribution >= 0.6 is 0 Å². The van der Waals surface area contributed by atoms with E-state index in [1.165, 1.54) is 30.3 Å². The Morgan fingerprint density at radius 1 is 1.16 bits per heavy atom. The summed E-state index contributed by atoms with van der Waals surface area (Å²) in [5, 5.41) is 31.9. The Balaban J connectivity index is 1.83. The average molecular weight is 417 g/mol. The lowest BCUT2D eigenvalue weighted by Crippen LogP contribution is -2.14. The van der Waals surface area contributed by atoms with E-state index in [4.69, 9.17) is 9.52 Å². The molecule has 0 unspecified atom stereocenters. The van der Waals surface area contributed by atoms with Crippen LogP contribution < -0.4 is 5.32 Å². The lowest BCUT2D eigenvalue weighted by molar-refractivity contribution is -0.384. The Morgan fingerprint density at radius 2 is 1.87 bits per heavy atom. The molecule has 9 heteroatoms. The minimum Gasteiger partial charge on any atom is -0.478 e. The molecule has 1 aromatic heterocycles. The number of nitro benzene ring substituents is 1. The van der Waals surface area contributed by atoms with Gasteiger partial charge in [0.15, 0.2) is 0 Å². The molecule has 1 amide bonds. The maximum atomic E-state index is 12.5. The predicted octanol–water partition coefficient (Wildman–Crippen LogP) is 4.41. The number of rotatable bonds is 6. The average Bonchev–Trinajstić information content (AvgIpc) is 3.21. The maximum Gasteiger partial charge on any atom is 0.335 e. The molecule has 2 aromatic carbocycles. The molecule has 0 aliphatic heterocycles. The zero-order valence-electron chi connectivity index (χ0n) is 16.2. The van der Waals surface area contributed by atoms with E-state index in [2.05, 4.69) is 5.32 Å². The largest absolute Gasteiger partial charge is 0.478 e. The SMILES string of the molecule is Cc1ccc(NC(=O)C(C#N)=Cc2ccc(-c3ccc(C(=O)O)cc3)o2)c([N+](=O)[O-])c1. The van der Waals surface area contributed by atoms with Crippen molar-refractivity contribution in [1.29, 1.82) is 5.26 Å². The molecule has 9 nitrogen and oxygen atoms in total. The van der Waals surface area contributed by atoms with Crippen molar-refractivity contribution in [2.24, 2.45) is 0 Å². The third-order valence-corrected chi connectivity index (χ3v) is 4.29. The number of carbonyl (C=O) groups excluding carboxylic acids is 1. The van der Waals surface area contributed by atoms with Crippen molar-refractivity contribution in [2.45, 2.75) is 6.92 Å². The third kappa shape index (κ3) is 4.83. The van der Waals surface area contributed by atoms with E-state index in [9.17, 15) is 25.0 Å². The van der Waals surface area contributed by atoms with Gasteiger partial charge in [0.05, 0.1) is 10.5 Å². The second kappa shape index (κ2) is 8.75. The fraction of sp³-hybridized carbons (Fsp3) is 0.0455. The minimum atomic E-state index is -1.05. The number of carboxylic acids is 1. The topological polar surface area (TPSA) is 146 Å². The number of carboxylic acid groups (broad SMARTS) is 1. The van der Waals surface area contributed by atoms with Crippen LogP contribution in [0.1, 0.15) is 21.7 Å². The number of nitro groups is 1. The van der Waals surface area contributed by atoms with Gasteiger partial charge in [0.25, 0.3) is 11.6 Å². The zero-order valence-corrected chi connectivity index (χ0v) is 16.2. The normalized spacial score (nSPS) is 10.9. The number of amides is 1. The molecule has 31 heavy (non-hydrogen) atoms. The first-order valence-electron chi connectivity index (χ1n) is 8.90. The smallest absolute Gasteiger partial charge is 0.335 e. The Bertz CT molecular complexity index is 1250. The molecular formula is C22H15N3O6. The first-order chi connectivity index (χ1) is 14.8. The molecule has 0 aliphatic rings. The van der Waals surface area contributed by atoms with Gasteiger partial charge in [0.1, 0.15) is 28.9 Å². The lowest BCUT2D eigenvalue weighted by atomic mass is 10.1. The molecular weight excluding hydrogens is 402 g/mol. The highest BCUT2D eigenvalue weighted by atomic mass is 16.6. The molecule has 154 valence electrons. The molecule has 0 saturated heterocycles. The first kappa shape index (κ1) is 21.0. The van der Waals surface area contributed by atoms with Crippen LogP contribution in [0.4, 0.5) is 11.4 Å². The Hall–Kier alpha value is -4.71. The van der Waals surface area contributed by atoms with Crippen LogP contribution in [-0.4, -0.2) is 21.9 Å². The van der Waals surface area contributed by atoms with Crippen LogP contribution in [0.25, 0.3) is 17.4 Å². The van der Waals surface area contributed by atoms with Crippen molar-refractivity contribution in [1.82, 2.24) is 0 Å². The van der Waals surface area contributed by atoms with Crippen molar-refractivity contribution in [3.63, 3.8) is 0 Å². The number of anilines is 1. The Kier molecular flexibility index (Phi) is 5.93. The highest BCUT2D eigenvalue weighted by molar-refractivity contribution is 6.10. The number of hydrogen-bond donors (Lipinski definition) is 2. The van der Waals surface area contributed by atoms with Gasteiger partial charge in [-0.25, -0.2) is 4.79 Å². The predicted molar refractivity (Wildman–Crippen MR) is 111 cm³/mol. The fourth-order valence-electron chi connectivity index (χ4n) is 2.74. The summed E-state index contributed by atoms with van der Waals surface area (Å²) < 4.78 is 5.62. The molecule has 0 radical (unpaired) electrons. The summed E-state index contributed by atoms with van der Waals surface area (Å²) in [4.78, 5) is 34.0. The van der Waals surface area contributed by atoms with Gasteiger partial charge in [-0.1, -0.05) is 18.2 Å². The first-order valence-corrected chi connectivity index (χ1v) is 8.90. The van der Waals surface area contributed by atoms with Crippen molar-refractivity contribution in [3.05, 3.63) is 87.2 Å². The van der Waals surface area contributed by atoms with Crippen molar-refractivity contribution < 1.29 is 24.0 Å². The van der Waals surface area contributed by atoms with Gasteiger partial charge >= 0.3 is 5.97 Å². The number of nitrogens with zero attached hydrogens (tertiary/aromatic N) is 2. The van der Waals surface area contributed by atoms with E-state index < -0.39 is 16.8 Å². The summed E-state index contributed by atoms with van der Waals surface area (Å²) in [5.41, 5.74) is 0.778. The fourth-order valence-corrected chi connectivity index (χ4v) is 2.74. The van der Waals surface area contributed by atoms with E-state index in [-0.39, 0.29) is 28.3 Å². The van der Waals surface area contributed by atoms with Gasteiger partial charge in [0, 0.05) is 17.7 Å². The van der Waals surface area contributed by atoms with Gasteiger partial charge in [0.2, 0.25) is 0 Å². The lowest BCUT2D eigenvalue weighted by Gasteiger charge is -2.06. The van der Waals surface area contributed by atoms with E-state index >= 15 is 0 Å². The molecule has 0 bridgehead atoms. The van der Waals surface area contributed by atoms with Gasteiger partial charge in [-0.2, -0.15) is 5.26 Å². The van der Waals surface area contributed by atoms with Crippen molar-refractivity contribution in [2.75, 3.05) is 5.32 Å². The van der Waals surface area contributed by atoms with Gasteiger partial charge < -0.3 is 14.8 Å². The Labute approximate surface area is 176 Å². The van der Waals surface area contributed by atoms with Gasteiger partial charge in [-0.15, -0.1) is 0 Å². The number of nitrogens with one attached hydrogen (secondary N) is 1. The van der Waals surface area contributed by atoms with Crippen LogP contribution in [0.15, 0.2) is 64.6 Å². The number of carbonyl (C=O) groups is 2. The quantitative estimate of drug-likeness (QED) is 0.261. The molecule has 0 aliphatic carbocycles. The summed E-state index contributed by atoms with van der Waals surface area (Å²) in [6, 6.07) is 15.2. The highest BCUT2D eigenvalue weighted by Crippen LogP contribution is 2.27. The van der Waals surface area contributed by atoms with Gasteiger partial charge in [-0.3, -0.25) is 14.9 Å². The van der Waals surface area contributed by atoms with Crippen LogP contribution in [0.5, 0.6) is 0 Å². The minimum absolute atomic E-state index is 0.0274. The molecule has 0 fully saturated rings. The molecule has 0 atom stereocenters. The van der Waals surface area contributed by atoms with E-state index in [1.807, 2.05) is 0 Å². The van der Waals surface area contributed by atoms with Crippen LogP contribution in [0.3, 0.4) is 0 Å². The zero-order chi connectivity index (χ0) is 22.5. The molecule has 2 N–H and O–H groups in total. The summed E-state index contributed by atoms with van der Waals surface area (Å²) >= 11 is 0. The molecule has 3 rings (SSSR count). The standard InChI is InChI=1S/C22H15N3O6/c1-13-2-8-18(19(10-13)25(29)30)24-21(26)16(12-23)11-17-7-9-20(31-17)14-3-5-15(6-4-14)22(27)28/h2-11H,1H3,(H,24,26)(H,27,28). The van der Waals surface area contributed by atoms with Crippen molar-refractivity contribution >= 4 is 29.3 Å². The molecule has 1 heterocycles. The number of aromatic carboxylic acids is 1. The van der Waals surface area contributed by atoms with Gasteiger partial charge in [-0.05, 0) is 42.8 Å². The van der Waals surface area contributed by atoms with Crippen LogP contribution in [-0.2, 0) is 4.79 Å². The second-order valence-corrected chi connectivity index (χ2v) is 6.49. The summed E-state index contributed by atoms with van der Waals surface area (Å²) in [5.74, 6) is -1.25. The van der Waals surface area contributed by atoms with E-state index in [1.54, 1.807) is 43.3 Å². The second-order valence-electron chi connectivity index (χ2n) is 6.49. The maximum absolute atomic E-state index is 12.5. The number of nitriles is 1. The van der Waals surface area contributed by atoms with Crippen LogP contribution in [0.2, 0.25) is 0 Å². The molecule has 0 saturated carbocycles. The number of furan rings is 1. The third-order valence-electron chi connectivity index (χ3n) is 4.29. The van der Waals surface area contributed by atoms with E-state index in [0.717, 1.165) is 0 Å².